The summed E-state index contributed by atoms with van der Waals surface area (Å²) in [4.78, 5) is 13.5. The number of ether oxygens (including phenoxy) is 1. The van der Waals surface area contributed by atoms with E-state index in [1.54, 1.807) is 11.8 Å². The number of hydrogen-bond donors (Lipinski definition) is 2. The van der Waals surface area contributed by atoms with Gasteiger partial charge in [-0.05, 0) is 24.5 Å². The van der Waals surface area contributed by atoms with Crippen molar-refractivity contribution in [2.75, 3.05) is 12.3 Å². The fourth-order valence-electron chi connectivity index (χ4n) is 2.62. The maximum atomic E-state index is 12.2. The number of halogens is 1. The number of thioether (sulfide) groups is 1. The van der Waals surface area contributed by atoms with Crippen LogP contribution in [0.25, 0.3) is 0 Å². The van der Waals surface area contributed by atoms with Gasteiger partial charge in [-0.2, -0.15) is 0 Å². The molecule has 4 nitrogen and oxygen atoms in total. The van der Waals surface area contributed by atoms with Gasteiger partial charge >= 0.3 is 0 Å². The Hall–Kier alpha value is -0.750. The van der Waals surface area contributed by atoms with E-state index in [9.17, 15) is 4.79 Å². The van der Waals surface area contributed by atoms with E-state index in [1.807, 2.05) is 12.1 Å². The van der Waals surface area contributed by atoms with Gasteiger partial charge in [0, 0.05) is 17.2 Å². The normalized spacial score (nSPS) is 27.8. The molecule has 0 aromatic heterocycles. The van der Waals surface area contributed by atoms with E-state index in [1.165, 1.54) is 10.5 Å². The van der Waals surface area contributed by atoms with Crippen molar-refractivity contribution in [1.82, 2.24) is 5.32 Å². The number of benzene rings is 1. The van der Waals surface area contributed by atoms with Crippen LogP contribution in [0.3, 0.4) is 0 Å². The minimum absolute atomic E-state index is 0. The summed E-state index contributed by atoms with van der Waals surface area (Å²) in [7, 11) is 0. The fourth-order valence-corrected chi connectivity index (χ4v) is 3.78. The maximum Gasteiger partial charge on any atom is 0.249 e. The van der Waals surface area contributed by atoms with Crippen LogP contribution in [0.1, 0.15) is 24.4 Å². The molecule has 0 saturated carbocycles. The molecule has 2 aliphatic heterocycles. The van der Waals surface area contributed by atoms with Crippen LogP contribution in [0.5, 0.6) is 0 Å². The van der Waals surface area contributed by atoms with E-state index in [-0.39, 0.29) is 36.6 Å². The molecule has 3 N–H and O–H groups in total. The van der Waals surface area contributed by atoms with Gasteiger partial charge in [-0.15, -0.1) is 24.2 Å². The number of amides is 1. The first-order chi connectivity index (χ1) is 9.28. The average Bonchev–Trinajstić information content (AvgIpc) is 3.06. The molecule has 2 aliphatic rings. The van der Waals surface area contributed by atoms with E-state index in [0.29, 0.717) is 6.54 Å². The van der Waals surface area contributed by atoms with Gasteiger partial charge in [-0.1, -0.05) is 18.2 Å². The first-order valence-electron chi connectivity index (χ1n) is 6.65. The summed E-state index contributed by atoms with van der Waals surface area (Å²) in [6.07, 6.45) is 1.37. The molecule has 1 saturated heterocycles. The number of rotatable bonds is 3. The van der Waals surface area contributed by atoms with Crippen LogP contribution in [0.4, 0.5) is 0 Å². The van der Waals surface area contributed by atoms with Crippen LogP contribution in [0.15, 0.2) is 29.2 Å². The predicted molar refractivity (Wildman–Crippen MR) is 82.2 cm³/mol. The number of fused-ring (bicyclic) bond motifs is 1. The second kappa shape index (κ2) is 6.80. The van der Waals surface area contributed by atoms with E-state index in [4.69, 9.17) is 10.5 Å². The van der Waals surface area contributed by atoms with E-state index in [2.05, 4.69) is 17.4 Å². The Kier molecular flexibility index (Phi) is 5.32. The third-order valence-electron chi connectivity index (χ3n) is 3.68. The quantitative estimate of drug-likeness (QED) is 0.894. The highest BCUT2D eigenvalue weighted by molar-refractivity contribution is 7.99. The number of carbonyl (C=O) groups is 1. The molecule has 0 radical (unpaired) electrons. The summed E-state index contributed by atoms with van der Waals surface area (Å²) in [6, 6.07) is 8.33. The molecule has 20 heavy (non-hydrogen) atoms. The lowest BCUT2D eigenvalue weighted by Crippen LogP contribution is -2.37. The van der Waals surface area contributed by atoms with Crippen molar-refractivity contribution in [2.45, 2.75) is 36.0 Å². The zero-order valence-corrected chi connectivity index (χ0v) is 12.7. The van der Waals surface area contributed by atoms with Gasteiger partial charge in [0.1, 0.15) is 6.10 Å². The Morgan fingerprint density at radius 1 is 1.40 bits per heavy atom. The Morgan fingerprint density at radius 2 is 2.20 bits per heavy atom. The van der Waals surface area contributed by atoms with E-state index >= 15 is 0 Å². The van der Waals surface area contributed by atoms with Crippen molar-refractivity contribution < 1.29 is 9.53 Å². The molecule has 3 atom stereocenters. The van der Waals surface area contributed by atoms with Crippen molar-refractivity contribution in [3.05, 3.63) is 29.8 Å². The molecule has 3 rings (SSSR count). The zero-order valence-electron chi connectivity index (χ0n) is 11.1. The summed E-state index contributed by atoms with van der Waals surface area (Å²) >= 11 is 1.79. The first kappa shape index (κ1) is 15.6. The standard InChI is InChI=1S/C14H18N2O2S.ClH/c15-7-9-5-6-12(18-9)14(17)16-11-8-19-13-4-2-1-3-10(11)13;/h1-4,9,11-12H,5-8,15H2,(H,16,17);1H/t9-,11?,12+;/m1./s1. The minimum Gasteiger partial charge on any atom is -0.364 e. The molecular weight excluding hydrogens is 296 g/mol. The van der Waals surface area contributed by atoms with Crippen molar-refractivity contribution in [3.8, 4) is 0 Å². The SMILES string of the molecule is Cl.NC[C@H]1CC[C@@H](C(=O)NC2CSc3ccccc32)O1. The summed E-state index contributed by atoms with van der Waals surface area (Å²) in [5, 5.41) is 3.10. The van der Waals surface area contributed by atoms with Crippen molar-refractivity contribution in [1.29, 1.82) is 0 Å². The van der Waals surface area contributed by atoms with Crippen LogP contribution in [0, 0.1) is 0 Å². The lowest BCUT2D eigenvalue weighted by atomic mass is 10.1. The summed E-state index contributed by atoms with van der Waals surface area (Å²) < 4.78 is 5.63. The van der Waals surface area contributed by atoms with Crippen molar-refractivity contribution >= 4 is 30.1 Å². The van der Waals surface area contributed by atoms with Crippen molar-refractivity contribution in [3.63, 3.8) is 0 Å². The smallest absolute Gasteiger partial charge is 0.249 e. The van der Waals surface area contributed by atoms with Crippen molar-refractivity contribution in [2.24, 2.45) is 5.73 Å². The third kappa shape index (κ3) is 3.11. The molecule has 0 aliphatic carbocycles. The molecule has 110 valence electrons. The van der Waals surface area contributed by atoms with Gasteiger partial charge in [-0.3, -0.25) is 4.79 Å². The zero-order chi connectivity index (χ0) is 13.2. The second-order valence-electron chi connectivity index (χ2n) is 4.97. The molecule has 2 heterocycles. The highest BCUT2D eigenvalue weighted by Crippen LogP contribution is 2.37. The monoisotopic (exact) mass is 314 g/mol. The molecule has 1 aromatic rings. The molecule has 1 aromatic carbocycles. The van der Waals surface area contributed by atoms with Gasteiger partial charge in [0.2, 0.25) is 5.91 Å². The van der Waals surface area contributed by atoms with Gasteiger partial charge in [-0.25, -0.2) is 0 Å². The summed E-state index contributed by atoms with van der Waals surface area (Å²) in [5.41, 5.74) is 6.78. The second-order valence-corrected chi connectivity index (χ2v) is 6.03. The number of nitrogens with one attached hydrogen (secondary N) is 1. The van der Waals surface area contributed by atoms with E-state index in [0.717, 1.165) is 18.6 Å². The maximum absolute atomic E-state index is 12.2. The molecule has 1 unspecified atom stereocenters. The van der Waals surface area contributed by atoms with Gasteiger partial charge in [0.05, 0.1) is 12.1 Å². The molecule has 6 heteroatoms. The molecule has 1 fully saturated rings. The number of nitrogens with two attached hydrogens (primary N) is 1. The predicted octanol–water partition coefficient (Wildman–Crippen LogP) is 1.88. The van der Waals surface area contributed by atoms with Gasteiger partial charge in [0.15, 0.2) is 0 Å². The first-order valence-corrected chi connectivity index (χ1v) is 7.64. The Morgan fingerprint density at radius 3 is 2.95 bits per heavy atom. The highest BCUT2D eigenvalue weighted by atomic mass is 35.5. The minimum atomic E-state index is -0.327. The Bertz CT molecular complexity index is 486. The van der Waals surface area contributed by atoms with Crippen LogP contribution < -0.4 is 11.1 Å². The molecule has 0 spiro atoms. The number of hydrogen-bond acceptors (Lipinski definition) is 4. The topological polar surface area (TPSA) is 64.4 Å². The van der Waals surface area contributed by atoms with Gasteiger partial charge < -0.3 is 15.8 Å². The van der Waals surface area contributed by atoms with E-state index < -0.39 is 0 Å². The molecular formula is C14H19ClN2O2S. The molecule has 0 bridgehead atoms. The number of carbonyl (C=O) groups excluding carboxylic acids is 1. The van der Waals surface area contributed by atoms with Crippen LogP contribution in [-0.4, -0.2) is 30.4 Å². The largest absolute Gasteiger partial charge is 0.364 e. The highest BCUT2D eigenvalue weighted by Gasteiger charge is 2.32. The van der Waals surface area contributed by atoms with Crippen LogP contribution in [-0.2, 0) is 9.53 Å². The summed E-state index contributed by atoms with van der Waals surface area (Å²) in [6.45, 7) is 0.492. The third-order valence-corrected chi connectivity index (χ3v) is 4.86. The Labute approximate surface area is 129 Å². The van der Waals surface area contributed by atoms with Crippen LogP contribution in [0.2, 0.25) is 0 Å². The average molecular weight is 315 g/mol. The lowest BCUT2D eigenvalue weighted by Gasteiger charge is -2.17. The Balaban J connectivity index is 0.00000147. The summed E-state index contributed by atoms with van der Waals surface area (Å²) in [5.74, 6) is 0.899. The lowest BCUT2D eigenvalue weighted by molar-refractivity contribution is -0.132. The van der Waals surface area contributed by atoms with Crippen LogP contribution >= 0.6 is 24.2 Å². The van der Waals surface area contributed by atoms with Gasteiger partial charge in [0.25, 0.3) is 0 Å². The fraction of sp³-hybridized carbons (Fsp3) is 0.500. The molecule has 1 amide bonds.